The SMILES string of the molecule is CN(C(=O)N1CC2CC(O)CC2C1)c1cc(Oc2ccc(NC(=O)c3cccn(-c4ccc(F)cc4)c3=O)cc2F)ccn1. The van der Waals surface area contributed by atoms with Gasteiger partial charge in [-0.2, -0.15) is 0 Å². The molecule has 2 unspecified atom stereocenters. The van der Waals surface area contributed by atoms with Crippen molar-refractivity contribution in [3.05, 3.63) is 107 Å². The number of benzene rings is 2. The molecule has 2 fully saturated rings. The molecule has 0 spiro atoms. The molecule has 1 saturated carbocycles. The molecule has 0 bridgehead atoms. The predicted octanol–water partition coefficient (Wildman–Crippen LogP) is 4.81. The number of rotatable bonds is 6. The fourth-order valence-electron chi connectivity index (χ4n) is 5.84. The number of hydrogen-bond acceptors (Lipinski definition) is 6. The second-order valence-electron chi connectivity index (χ2n) is 11.0. The van der Waals surface area contributed by atoms with Crippen molar-refractivity contribution >= 4 is 23.4 Å². The first-order valence-corrected chi connectivity index (χ1v) is 14.1. The number of carbonyl (C=O) groups is 2. The molecule has 2 aromatic carbocycles. The third kappa shape index (κ3) is 5.88. The zero-order valence-corrected chi connectivity index (χ0v) is 23.7. The molecule has 1 aliphatic carbocycles. The van der Waals surface area contributed by atoms with Crippen LogP contribution in [0.1, 0.15) is 23.2 Å². The van der Waals surface area contributed by atoms with Crippen LogP contribution < -0.4 is 20.5 Å². The molecule has 3 heterocycles. The molecule has 0 radical (unpaired) electrons. The highest BCUT2D eigenvalue weighted by molar-refractivity contribution is 6.04. The number of aliphatic hydroxyl groups is 1. The van der Waals surface area contributed by atoms with Crippen molar-refractivity contribution in [3.8, 4) is 17.2 Å². The van der Waals surface area contributed by atoms with Gasteiger partial charge in [0, 0.05) is 56.0 Å². The average molecular weight is 602 g/mol. The number of halogens is 2. The van der Waals surface area contributed by atoms with Gasteiger partial charge in [0.25, 0.3) is 11.5 Å². The van der Waals surface area contributed by atoms with Gasteiger partial charge in [-0.25, -0.2) is 18.6 Å². The number of aliphatic hydroxyl groups excluding tert-OH is 1. The van der Waals surface area contributed by atoms with Crippen molar-refractivity contribution in [3.63, 3.8) is 0 Å². The van der Waals surface area contributed by atoms with E-state index in [9.17, 15) is 23.9 Å². The van der Waals surface area contributed by atoms with Gasteiger partial charge in [0.2, 0.25) is 0 Å². The molecule has 4 aromatic rings. The number of urea groups is 1. The van der Waals surface area contributed by atoms with Crippen LogP contribution >= 0.6 is 0 Å². The lowest BCUT2D eigenvalue weighted by Crippen LogP contribution is -2.41. The van der Waals surface area contributed by atoms with Gasteiger partial charge in [-0.3, -0.25) is 19.1 Å². The summed E-state index contributed by atoms with van der Waals surface area (Å²) in [5.41, 5.74) is -0.330. The topological polar surface area (TPSA) is 117 Å². The second kappa shape index (κ2) is 11.9. The highest BCUT2D eigenvalue weighted by atomic mass is 19.1. The quantitative estimate of drug-likeness (QED) is 0.328. The summed E-state index contributed by atoms with van der Waals surface area (Å²) in [4.78, 5) is 46.4. The number of carbonyl (C=O) groups excluding carboxylic acids is 2. The number of anilines is 2. The molecule has 44 heavy (non-hydrogen) atoms. The minimum absolute atomic E-state index is 0.0973. The Hall–Kier alpha value is -5.10. The van der Waals surface area contributed by atoms with Gasteiger partial charge >= 0.3 is 6.03 Å². The van der Waals surface area contributed by atoms with Crippen molar-refractivity contribution in [2.24, 2.45) is 11.8 Å². The van der Waals surface area contributed by atoms with Crippen LogP contribution in [0.15, 0.2) is 83.9 Å². The minimum atomic E-state index is -0.770. The van der Waals surface area contributed by atoms with E-state index in [0.717, 1.165) is 6.07 Å². The van der Waals surface area contributed by atoms with Crippen LogP contribution in [0.25, 0.3) is 5.69 Å². The number of likely N-dealkylation sites (tertiary alicyclic amines) is 1. The standard InChI is InChI=1S/C32H29F2N5O5/c1-37(32(43)38-17-19-13-24(40)14-20(19)18-38)29-16-25(10-11-35-29)44-28-9-6-22(15-27(28)34)36-30(41)26-3-2-12-39(31(26)42)23-7-4-21(33)5-8-23/h2-12,15-16,19-20,24,40H,13-14,17-18H2,1H3,(H,36,41). The van der Waals surface area contributed by atoms with Crippen LogP contribution in [-0.2, 0) is 0 Å². The maximum atomic E-state index is 15.0. The van der Waals surface area contributed by atoms with Crippen LogP contribution in [-0.4, -0.2) is 57.7 Å². The third-order valence-corrected chi connectivity index (χ3v) is 8.06. The zero-order chi connectivity index (χ0) is 31.0. The maximum absolute atomic E-state index is 15.0. The summed E-state index contributed by atoms with van der Waals surface area (Å²) in [5, 5.41) is 12.4. The summed E-state index contributed by atoms with van der Waals surface area (Å²) in [6, 6.07) is 14.7. The van der Waals surface area contributed by atoms with Crippen LogP contribution in [0.5, 0.6) is 11.5 Å². The Kier molecular flexibility index (Phi) is 7.83. The number of aromatic nitrogens is 2. The Morgan fingerprint density at radius 3 is 2.45 bits per heavy atom. The minimum Gasteiger partial charge on any atom is -0.454 e. The Balaban J connectivity index is 1.11. The lowest BCUT2D eigenvalue weighted by Gasteiger charge is -2.25. The van der Waals surface area contributed by atoms with E-state index in [2.05, 4.69) is 10.3 Å². The number of nitrogens with one attached hydrogen (secondary N) is 1. The highest BCUT2D eigenvalue weighted by Gasteiger charge is 2.42. The maximum Gasteiger partial charge on any atom is 0.325 e. The molecular formula is C32H29F2N5O5. The van der Waals surface area contributed by atoms with Gasteiger partial charge < -0.3 is 20.1 Å². The van der Waals surface area contributed by atoms with E-state index in [0.29, 0.717) is 49.3 Å². The summed E-state index contributed by atoms with van der Waals surface area (Å²) in [6.07, 6.45) is 4.03. The third-order valence-electron chi connectivity index (χ3n) is 8.06. The summed E-state index contributed by atoms with van der Waals surface area (Å²) in [7, 11) is 1.61. The average Bonchev–Trinajstić information content (AvgIpc) is 3.56. The number of hydrogen-bond donors (Lipinski definition) is 2. The molecule has 10 nitrogen and oxygen atoms in total. The lowest BCUT2D eigenvalue weighted by atomic mass is 10.0. The van der Waals surface area contributed by atoms with Crippen molar-refractivity contribution in [1.29, 1.82) is 0 Å². The van der Waals surface area contributed by atoms with Crippen molar-refractivity contribution in [1.82, 2.24) is 14.5 Å². The molecule has 2 aromatic heterocycles. The summed E-state index contributed by atoms with van der Waals surface area (Å²) >= 11 is 0. The highest BCUT2D eigenvalue weighted by Crippen LogP contribution is 2.38. The van der Waals surface area contributed by atoms with Gasteiger partial charge in [0.15, 0.2) is 11.6 Å². The van der Waals surface area contributed by atoms with Crippen LogP contribution in [0.3, 0.4) is 0 Å². The Morgan fingerprint density at radius 1 is 1.02 bits per heavy atom. The van der Waals surface area contributed by atoms with E-state index in [-0.39, 0.29) is 34.9 Å². The molecule has 1 saturated heterocycles. The van der Waals surface area contributed by atoms with Crippen LogP contribution in [0.2, 0.25) is 0 Å². The molecule has 226 valence electrons. The number of amides is 3. The number of ether oxygens (including phenoxy) is 1. The fraction of sp³-hybridized carbons (Fsp3) is 0.250. The number of pyridine rings is 2. The fourth-order valence-corrected chi connectivity index (χ4v) is 5.84. The molecule has 12 heteroatoms. The second-order valence-corrected chi connectivity index (χ2v) is 11.0. The summed E-state index contributed by atoms with van der Waals surface area (Å²) < 4.78 is 35.3. The first-order chi connectivity index (χ1) is 21.2. The normalized spacial score (nSPS) is 19.0. The molecule has 3 amide bonds. The van der Waals surface area contributed by atoms with Gasteiger partial charge in [-0.05, 0) is 79.3 Å². The molecule has 2 atom stereocenters. The van der Waals surface area contributed by atoms with Crippen molar-refractivity contribution in [2.45, 2.75) is 18.9 Å². The van der Waals surface area contributed by atoms with Gasteiger partial charge in [0.05, 0.1) is 6.10 Å². The number of nitrogens with zero attached hydrogens (tertiary/aromatic N) is 4. The summed E-state index contributed by atoms with van der Waals surface area (Å²) in [5.74, 6) is -0.933. The number of fused-ring (bicyclic) bond motifs is 1. The molecule has 1 aliphatic heterocycles. The van der Waals surface area contributed by atoms with E-state index in [1.54, 1.807) is 11.9 Å². The first-order valence-electron chi connectivity index (χ1n) is 14.1. The Morgan fingerprint density at radius 2 is 1.75 bits per heavy atom. The largest absolute Gasteiger partial charge is 0.454 e. The van der Waals surface area contributed by atoms with E-state index in [1.165, 1.54) is 82.5 Å². The monoisotopic (exact) mass is 601 g/mol. The zero-order valence-electron chi connectivity index (χ0n) is 23.7. The summed E-state index contributed by atoms with van der Waals surface area (Å²) in [6.45, 7) is 1.17. The lowest BCUT2D eigenvalue weighted by molar-refractivity contribution is 0.102. The van der Waals surface area contributed by atoms with Gasteiger partial charge in [-0.1, -0.05) is 0 Å². The Bertz CT molecular complexity index is 1770. The van der Waals surface area contributed by atoms with Crippen LogP contribution in [0.4, 0.5) is 25.1 Å². The van der Waals surface area contributed by atoms with E-state index in [1.807, 2.05) is 0 Å². The van der Waals surface area contributed by atoms with E-state index < -0.39 is 23.1 Å². The molecule has 2 N–H and O–H groups in total. The Labute approximate surface area is 251 Å². The van der Waals surface area contributed by atoms with Crippen LogP contribution in [0, 0.1) is 23.5 Å². The first kappa shape index (κ1) is 29.0. The van der Waals surface area contributed by atoms with Crippen molar-refractivity contribution < 1.29 is 28.2 Å². The van der Waals surface area contributed by atoms with E-state index >= 15 is 4.39 Å². The van der Waals surface area contributed by atoms with E-state index in [4.69, 9.17) is 4.74 Å². The van der Waals surface area contributed by atoms with Crippen molar-refractivity contribution in [2.75, 3.05) is 30.4 Å². The molecular weight excluding hydrogens is 572 g/mol. The smallest absolute Gasteiger partial charge is 0.325 e. The molecule has 6 rings (SSSR count). The van der Waals surface area contributed by atoms with Gasteiger partial charge in [0.1, 0.15) is 22.9 Å². The van der Waals surface area contributed by atoms with Gasteiger partial charge in [-0.15, -0.1) is 0 Å². The predicted molar refractivity (Wildman–Crippen MR) is 158 cm³/mol. The molecule has 2 aliphatic rings.